The van der Waals surface area contributed by atoms with Gasteiger partial charge in [0.05, 0.1) is 0 Å². The van der Waals surface area contributed by atoms with Crippen LogP contribution in [0.2, 0.25) is 5.28 Å². The first-order valence-corrected chi connectivity index (χ1v) is 7.59. The summed E-state index contributed by atoms with van der Waals surface area (Å²) < 4.78 is 1.46. The summed E-state index contributed by atoms with van der Waals surface area (Å²) in [6.07, 6.45) is 9.23. The molecule has 0 atom stereocenters. The summed E-state index contributed by atoms with van der Waals surface area (Å²) in [7, 11) is 0. The average molecular weight is 308 g/mol. The summed E-state index contributed by atoms with van der Waals surface area (Å²) in [5, 5.41) is 7.46. The second-order valence-corrected chi connectivity index (χ2v) is 5.82. The van der Waals surface area contributed by atoms with Crippen LogP contribution in [-0.2, 0) is 0 Å². The Balaban J connectivity index is 1.76. The van der Waals surface area contributed by atoms with Crippen LogP contribution < -0.4 is 5.32 Å². The Hall–Kier alpha value is -1.76. The lowest BCUT2D eigenvalue weighted by molar-refractivity contribution is 0.306. The maximum Gasteiger partial charge on any atom is 0.258 e. The van der Waals surface area contributed by atoms with Crippen LogP contribution in [0, 0.1) is 5.41 Å². The molecule has 0 aromatic carbocycles. The summed E-state index contributed by atoms with van der Waals surface area (Å²) in [4.78, 5) is 16.4. The van der Waals surface area contributed by atoms with Crippen LogP contribution in [0.15, 0.2) is 12.7 Å². The molecule has 2 aromatic heterocycles. The van der Waals surface area contributed by atoms with E-state index < -0.39 is 0 Å². The lowest BCUT2D eigenvalue weighted by Crippen LogP contribution is -2.26. The van der Waals surface area contributed by atoms with Gasteiger partial charge >= 0.3 is 0 Å². The molecule has 1 saturated carbocycles. The molecule has 7 nitrogen and oxygen atoms in total. The topological polar surface area (TPSA) is 81.4 Å². The van der Waals surface area contributed by atoms with E-state index in [0.29, 0.717) is 17.3 Å². The van der Waals surface area contributed by atoms with E-state index >= 15 is 0 Å². The van der Waals surface area contributed by atoms with Crippen LogP contribution in [0.4, 0.5) is 5.95 Å². The maximum atomic E-state index is 5.97. The molecule has 0 bridgehead atoms. The number of anilines is 1. The Morgan fingerprint density at radius 1 is 1.29 bits per heavy atom. The van der Waals surface area contributed by atoms with Gasteiger partial charge in [-0.2, -0.15) is 24.7 Å². The predicted octanol–water partition coefficient (Wildman–Crippen LogP) is 2.49. The molecule has 0 saturated heterocycles. The van der Waals surface area contributed by atoms with E-state index in [2.05, 4.69) is 37.3 Å². The van der Waals surface area contributed by atoms with Gasteiger partial charge in [0.2, 0.25) is 11.2 Å². The summed E-state index contributed by atoms with van der Waals surface area (Å²) in [6, 6.07) is 0. The monoisotopic (exact) mass is 307 g/mol. The highest BCUT2D eigenvalue weighted by atomic mass is 35.5. The van der Waals surface area contributed by atoms with E-state index in [0.717, 1.165) is 13.0 Å². The molecular weight excluding hydrogens is 290 g/mol. The zero-order valence-electron chi connectivity index (χ0n) is 12.0. The third kappa shape index (κ3) is 3.12. The van der Waals surface area contributed by atoms with Crippen molar-refractivity contribution in [3.63, 3.8) is 0 Å². The van der Waals surface area contributed by atoms with Crippen LogP contribution in [0.5, 0.6) is 0 Å². The first-order valence-electron chi connectivity index (χ1n) is 7.21. The highest BCUT2D eigenvalue weighted by molar-refractivity contribution is 6.28. The highest BCUT2D eigenvalue weighted by Gasteiger charge is 2.31. The van der Waals surface area contributed by atoms with Gasteiger partial charge < -0.3 is 5.32 Å². The molecular formula is C13H18ClN7. The minimum Gasteiger partial charge on any atom is -0.353 e. The van der Waals surface area contributed by atoms with Crippen molar-refractivity contribution in [1.29, 1.82) is 0 Å². The molecule has 0 aliphatic heterocycles. The predicted molar refractivity (Wildman–Crippen MR) is 79.4 cm³/mol. The molecule has 1 aliphatic carbocycles. The maximum absolute atomic E-state index is 5.97. The fraction of sp³-hybridized carbons (Fsp3) is 0.615. The molecule has 112 valence electrons. The number of nitrogens with one attached hydrogen (secondary N) is 1. The summed E-state index contributed by atoms with van der Waals surface area (Å²) >= 11 is 5.97. The number of hydrogen-bond acceptors (Lipinski definition) is 6. The Morgan fingerprint density at radius 2 is 2.10 bits per heavy atom. The van der Waals surface area contributed by atoms with Crippen molar-refractivity contribution in [2.45, 2.75) is 39.0 Å². The van der Waals surface area contributed by atoms with Gasteiger partial charge in [0.1, 0.15) is 12.7 Å². The number of aromatic nitrogens is 6. The smallest absolute Gasteiger partial charge is 0.258 e. The first-order chi connectivity index (χ1) is 10.2. The summed E-state index contributed by atoms with van der Waals surface area (Å²) in [5.74, 6) is 0.854. The largest absolute Gasteiger partial charge is 0.353 e. The molecule has 2 aromatic rings. The minimum absolute atomic E-state index is 0.148. The number of rotatable bonds is 5. The van der Waals surface area contributed by atoms with Gasteiger partial charge in [-0.15, -0.1) is 0 Å². The number of hydrogen-bond donors (Lipinski definition) is 1. The zero-order chi connectivity index (χ0) is 14.7. The van der Waals surface area contributed by atoms with Crippen LogP contribution in [0.25, 0.3) is 5.95 Å². The van der Waals surface area contributed by atoms with Crippen molar-refractivity contribution in [3.8, 4) is 5.95 Å². The van der Waals surface area contributed by atoms with E-state index in [1.54, 1.807) is 0 Å². The van der Waals surface area contributed by atoms with Crippen molar-refractivity contribution in [2.75, 3.05) is 11.9 Å². The lowest BCUT2D eigenvalue weighted by Gasteiger charge is -2.27. The standard InChI is InChI=1S/C13H18ClN7/c1-2-13(5-3-4-6-13)7-16-11-18-10(14)19-12(20-11)21-9-15-8-17-21/h8-9H,2-7H2,1H3,(H,16,18,19,20). The Bertz CT molecular complexity index is 593. The Labute approximate surface area is 128 Å². The van der Waals surface area contributed by atoms with Crippen molar-refractivity contribution < 1.29 is 0 Å². The molecule has 1 fully saturated rings. The molecule has 3 rings (SSSR count). The summed E-state index contributed by atoms with van der Waals surface area (Å²) in [5.41, 5.74) is 0.354. The molecule has 8 heteroatoms. The van der Waals surface area contributed by atoms with Crippen LogP contribution >= 0.6 is 11.6 Å². The molecule has 2 heterocycles. The molecule has 21 heavy (non-hydrogen) atoms. The van der Waals surface area contributed by atoms with Gasteiger partial charge in [-0.25, -0.2) is 4.98 Å². The van der Waals surface area contributed by atoms with E-state index in [1.165, 1.54) is 43.0 Å². The molecule has 0 amide bonds. The van der Waals surface area contributed by atoms with Crippen molar-refractivity contribution >= 4 is 17.5 Å². The quantitative estimate of drug-likeness (QED) is 0.914. The van der Waals surface area contributed by atoms with Gasteiger partial charge in [-0.1, -0.05) is 19.8 Å². The molecule has 0 radical (unpaired) electrons. The van der Waals surface area contributed by atoms with Crippen LogP contribution in [-0.4, -0.2) is 36.3 Å². The van der Waals surface area contributed by atoms with E-state index in [1.807, 2.05) is 0 Å². The normalized spacial score (nSPS) is 17.0. The number of nitrogens with zero attached hydrogens (tertiary/aromatic N) is 6. The molecule has 0 unspecified atom stereocenters. The molecule has 1 N–H and O–H groups in total. The summed E-state index contributed by atoms with van der Waals surface area (Å²) in [6.45, 7) is 3.11. The molecule has 1 aliphatic rings. The first kappa shape index (κ1) is 14.2. The van der Waals surface area contributed by atoms with E-state index in [9.17, 15) is 0 Å². The third-order valence-corrected chi connectivity index (χ3v) is 4.42. The lowest BCUT2D eigenvalue weighted by atomic mass is 9.83. The van der Waals surface area contributed by atoms with Gasteiger partial charge in [-0.3, -0.25) is 0 Å². The third-order valence-electron chi connectivity index (χ3n) is 4.26. The number of halogens is 1. The van der Waals surface area contributed by atoms with Crippen LogP contribution in [0.3, 0.4) is 0 Å². The Morgan fingerprint density at radius 3 is 2.76 bits per heavy atom. The highest BCUT2D eigenvalue weighted by Crippen LogP contribution is 2.40. The van der Waals surface area contributed by atoms with Crippen molar-refractivity contribution in [1.82, 2.24) is 29.7 Å². The SMILES string of the molecule is CCC1(CNc2nc(Cl)nc(-n3cncn3)n2)CCCC1. The fourth-order valence-electron chi connectivity index (χ4n) is 2.88. The van der Waals surface area contributed by atoms with Crippen LogP contribution in [0.1, 0.15) is 39.0 Å². The second-order valence-electron chi connectivity index (χ2n) is 5.48. The fourth-order valence-corrected chi connectivity index (χ4v) is 3.04. The van der Waals surface area contributed by atoms with E-state index in [4.69, 9.17) is 11.6 Å². The van der Waals surface area contributed by atoms with Crippen molar-refractivity contribution in [2.24, 2.45) is 5.41 Å². The second kappa shape index (κ2) is 5.93. The minimum atomic E-state index is 0.148. The zero-order valence-corrected chi connectivity index (χ0v) is 12.7. The van der Waals surface area contributed by atoms with Crippen molar-refractivity contribution in [3.05, 3.63) is 17.9 Å². The van der Waals surface area contributed by atoms with Gasteiger partial charge in [0.15, 0.2) is 0 Å². The Kier molecular flexibility index (Phi) is 4.01. The van der Waals surface area contributed by atoms with Gasteiger partial charge in [-0.05, 0) is 36.3 Å². The average Bonchev–Trinajstić information content (AvgIpc) is 3.17. The molecule has 0 spiro atoms. The van der Waals surface area contributed by atoms with Gasteiger partial charge in [0, 0.05) is 6.54 Å². The van der Waals surface area contributed by atoms with Gasteiger partial charge in [0.25, 0.3) is 5.95 Å². The van der Waals surface area contributed by atoms with E-state index in [-0.39, 0.29) is 5.28 Å².